The summed E-state index contributed by atoms with van der Waals surface area (Å²) in [6.45, 7) is 0.964. The SMILES string of the molecule is CN1CCc2cc(-c3nc4ccc([18F])nc4o3)cnc21. The van der Waals surface area contributed by atoms with Gasteiger partial charge >= 0.3 is 0 Å². The highest BCUT2D eigenvalue weighted by Crippen LogP contribution is 2.29. The Morgan fingerprint density at radius 1 is 1.30 bits per heavy atom. The molecule has 5 nitrogen and oxygen atoms in total. The summed E-state index contributed by atoms with van der Waals surface area (Å²) in [7, 11) is 2.02. The van der Waals surface area contributed by atoms with Crippen molar-refractivity contribution in [2.75, 3.05) is 18.5 Å². The van der Waals surface area contributed by atoms with Gasteiger partial charge in [-0.15, -0.1) is 0 Å². The zero-order chi connectivity index (χ0) is 13.7. The van der Waals surface area contributed by atoms with Crippen molar-refractivity contribution in [2.24, 2.45) is 0 Å². The fourth-order valence-electron chi connectivity index (χ4n) is 2.46. The predicted molar refractivity (Wildman–Crippen MR) is 72.0 cm³/mol. The van der Waals surface area contributed by atoms with E-state index >= 15 is 0 Å². The van der Waals surface area contributed by atoms with Crippen molar-refractivity contribution in [3.63, 3.8) is 0 Å². The maximum atomic E-state index is 13.1. The lowest BCUT2D eigenvalue weighted by atomic mass is 10.1. The molecule has 0 N–H and O–H groups in total. The van der Waals surface area contributed by atoms with Crippen LogP contribution in [0, 0.1) is 5.95 Å². The minimum Gasteiger partial charge on any atom is -0.418 e. The Kier molecular flexibility index (Phi) is 2.26. The summed E-state index contributed by atoms with van der Waals surface area (Å²) in [5.74, 6) is 0.839. The maximum Gasteiger partial charge on any atom is 0.250 e. The number of pyridine rings is 2. The molecule has 0 atom stereocenters. The summed E-state index contributed by atoms with van der Waals surface area (Å²) < 4.78 is 18.6. The van der Waals surface area contributed by atoms with Crippen LogP contribution in [0.5, 0.6) is 0 Å². The van der Waals surface area contributed by atoms with Gasteiger partial charge in [-0.2, -0.15) is 9.37 Å². The number of hydrogen-bond acceptors (Lipinski definition) is 5. The van der Waals surface area contributed by atoms with E-state index in [-0.39, 0.29) is 5.71 Å². The molecule has 1 aliphatic rings. The summed E-state index contributed by atoms with van der Waals surface area (Å²) in [4.78, 5) is 14.6. The van der Waals surface area contributed by atoms with E-state index in [1.165, 1.54) is 11.6 Å². The molecular weight excluding hydrogens is 258 g/mol. The van der Waals surface area contributed by atoms with Crippen molar-refractivity contribution in [3.05, 3.63) is 35.9 Å². The van der Waals surface area contributed by atoms with E-state index in [0.29, 0.717) is 11.4 Å². The molecule has 6 heteroatoms. The van der Waals surface area contributed by atoms with Gasteiger partial charge in [-0.3, -0.25) is 0 Å². The Morgan fingerprint density at radius 3 is 3.10 bits per heavy atom. The maximum absolute atomic E-state index is 13.1. The number of halogens is 1. The quantitative estimate of drug-likeness (QED) is 0.635. The Labute approximate surface area is 114 Å². The van der Waals surface area contributed by atoms with Gasteiger partial charge in [0.2, 0.25) is 17.6 Å². The lowest BCUT2D eigenvalue weighted by Gasteiger charge is -2.09. The molecule has 0 bridgehead atoms. The van der Waals surface area contributed by atoms with Crippen LogP contribution < -0.4 is 4.90 Å². The molecule has 3 aromatic rings. The molecule has 4 heterocycles. The van der Waals surface area contributed by atoms with Crippen LogP contribution in [0.4, 0.5) is 10.2 Å². The molecular formula is C14H11FN4O. The number of likely N-dealkylation sites (N-methyl/N-ethyl adjacent to an activating group) is 1. The molecule has 0 amide bonds. The van der Waals surface area contributed by atoms with Crippen LogP contribution in [-0.2, 0) is 6.42 Å². The van der Waals surface area contributed by atoms with Crippen LogP contribution in [0.1, 0.15) is 5.56 Å². The zero-order valence-corrected chi connectivity index (χ0v) is 10.8. The van der Waals surface area contributed by atoms with Crippen LogP contribution in [0.25, 0.3) is 22.7 Å². The smallest absolute Gasteiger partial charge is 0.250 e. The third-order valence-corrected chi connectivity index (χ3v) is 3.49. The van der Waals surface area contributed by atoms with Crippen LogP contribution in [0.2, 0.25) is 0 Å². The average Bonchev–Trinajstić information content (AvgIpc) is 3.02. The van der Waals surface area contributed by atoms with Crippen molar-refractivity contribution in [2.45, 2.75) is 6.42 Å². The number of anilines is 1. The predicted octanol–water partition coefficient (Wildman–Crippen LogP) is 2.42. The Morgan fingerprint density at radius 2 is 2.20 bits per heavy atom. The number of rotatable bonds is 1. The minimum atomic E-state index is -0.575. The number of nitrogens with zero attached hydrogens (tertiary/aromatic N) is 4. The van der Waals surface area contributed by atoms with E-state index in [2.05, 4.69) is 19.9 Å². The number of fused-ring (bicyclic) bond motifs is 2. The van der Waals surface area contributed by atoms with Gasteiger partial charge in [0.25, 0.3) is 0 Å². The summed E-state index contributed by atoms with van der Waals surface area (Å²) in [6, 6.07) is 4.84. The second-order valence-electron chi connectivity index (χ2n) is 4.86. The standard InChI is InChI=1S/C14H11FN4O/c1-19-5-4-8-6-9(7-16-12(8)19)13-17-10-2-3-11(15)18-14(10)20-13/h2-3,6-7H,4-5H2,1H3/i15-1. The Bertz CT molecular complexity index is 814. The number of hydrogen-bond donors (Lipinski definition) is 0. The fraction of sp³-hybridized carbons (Fsp3) is 0.214. The van der Waals surface area contributed by atoms with Gasteiger partial charge in [-0.05, 0) is 30.2 Å². The van der Waals surface area contributed by atoms with E-state index in [0.717, 1.165) is 24.3 Å². The molecule has 0 unspecified atom stereocenters. The topological polar surface area (TPSA) is 55.1 Å². The summed E-state index contributed by atoms with van der Waals surface area (Å²) in [6.07, 6.45) is 2.68. The second-order valence-corrected chi connectivity index (χ2v) is 4.86. The molecule has 100 valence electrons. The average molecular weight is 269 g/mol. The highest BCUT2D eigenvalue weighted by Gasteiger charge is 2.19. The third-order valence-electron chi connectivity index (χ3n) is 3.49. The Balaban J connectivity index is 1.83. The van der Waals surface area contributed by atoms with E-state index < -0.39 is 5.95 Å². The molecule has 0 saturated carbocycles. The van der Waals surface area contributed by atoms with Crippen molar-refractivity contribution in [1.82, 2.24) is 15.0 Å². The van der Waals surface area contributed by atoms with Gasteiger partial charge in [0.1, 0.15) is 11.3 Å². The van der Waals surface area contributed by atoms with E-state index in [4.69, 9.17) is 4.42 Å². The number of aromatic nitrogens is 3. The van der Waals surface area contributed by atoms with Crippen LogP contribution in [0.3, 0.4) is 0 Å². The molecule has 0 saturated heterocycles. The molecule has 0 fully saturated rings. The first kappa shape index (κ1) is 11.3. The molecule has 4 rings (SSSR count). The second kappa shape index (κ2) is 4.00. The highest BCUT2D eigenvalue weighted by atomic mass is 18.2. The van der Waals surface area contributed by atoms with Crippen molar-refractivity contribution in [1.29, 1.82) is 0 Å². The molecule has 0 aliphatic carbocycles. The lowest BCUT2D eigenvalue weighted by Crippen LogP contribution is -2.13. The van der Waals surface area contributed by atoms with Gasteiger partial charge in [0, 0.05) is 19.8 Å². The third kappa shape index (κ3) is 1.65. The van der Waals surface area contributed by atoms with Gasteiger partial charge in [0.05, 0.1) is 5.56 Å². The first-order valence-corrected chi connectivity index (χ1v) is 6.34. The first-order valence-electron chi connectivity index (χ1n) is 6.34. The fourth-order valence-corrected chi connectivity index (χ4v) is 2.46. The van der Waals surface area contributed by atoms with E-state index in [1.807, 2.05) is 13.1 Å². The molecule has 0 radical (unpaired) electrons. The first-order chi connectivity index (χ1) is 9.70. The van der Waals surface area contributed by atoms with Crippen LogP contribution >= 0.6 is 0 Å². The van der Waals surface area contributed by atoms with Crippen molar-refractivity contribution in [3.8, 4) is 11.5 Å². The summed E-state index contributed by atoms with van der Waals surface area (Å²) in [5, 5.41) is 0. The zero-order valence-electron chi connectivity index (χ0n) is 10.8. The monoisotopic (exact) mass is 269 g/mol. The van der Waals surface area contributed by atoms with Gasteiger partial charge in [-0.1, -0.05) is 0 Å². The van der Waals surface area contributed by atoms with Gasteiger partial charge in [0.15, 0.2) is 0 Å². The van der Waals surface area contributed by atoms with Crippen LogP contribution in [0.15, 0.2) is 28.8 Å². The number of oxazole rings is 1. The molecule has 3 aromatic heterocycles. The highest BCUT2D eigenvalue weighted by molar-refractivity contribution is 5.73. The van der Waals surface area contributed by atoms with Gasteiger partial charge in [-0.25, -0.2) is 9.97 Å². The van der Waals surface area contributed by atoms with E-state index in [9.17, 15) is 4.39 Å². The van der Waals surface area contributed by atoms with E-state index in [1.54, 1.807) is 12.3 Å². The normalized spacial score (nSPS) is 14.0. The molecule has 20 heavy (non-hydrogen) atoms. The van der Waals surface area contributed by atoms with Crippen molar-refractivity contribution < 1.29 is 8.81 Å². The summed E-state index contributed by atoms with van der Waals surface area (Å²) in [5.41, 5.74) is 2.71. The minimum absolute atomic E-state index is 0.206. The Hall–Kier alpha value is -2.50. The molecule has 0 spiro atoms. The van der Waals surface area contributed by atoms with Crippen molar-refractivity contribution >= 4 is 17.0 Å². The molecule has 1 aliphatic heterocycles. The van der Waals surface area contributed by atoms with Gasteiger partial charge < -0.3 is 9.32 Å². The lowest BCUT2D eigenvalue weighted by molar-refractivity contribution is 0.559. The van der Waals surface area contributed by atoms with Crippen LogP contribution in [-0.4, -0.2) is 28.5 Å². The summed E-state index contributed by atoms with van der Waals surface area (Å²) >= 11 is 0. The largest absolute Gasteiger partial charge is 0.418 e. The molecule has 0 aromatic carbocycles.